The summed E-state index contributed by atoms with van der Waals surface area (Å²) < 4.78 is 3.46. The van der Waals surface area contributed by atoms with Crippen molar-refractivity contribution >= 4 is 16.8 Å². The Kier molecular flexibility index (Phi) is 3.36. The maximum Gasteiger partial charge on any atom is 0.280 e. The maximum absolute atomic E-state index is 12.9. The number of hydrogen-bond acceptors (Lipinski definition) is 5. The first kappa shape index (κ1) is 14.3. The highest BCUT2D eigenvalue weighted by atomic mass is 16.1. The minimum absolute atomic E-state index is 0.0794. The summed E-state index contributed by atoms with van der Waals surface area (Å²) in [6.45, 7) is 4.21. The second-order valence-corrected chi connectivity index (χ2v) is 6.38. The van der Waals surface area contributed by atoms with Gasteiger partial charge in [-0.25, -0.2) is 0 Å². The number of fused-ring (bicyclic) bond motifs is 3. The summed E-state index contributed by atoms with van der Waals surface area (Å²) in [6.07, 6.45) is 7.24. The zero-order chi connectivity index (χ0) is 16.0. The van der Waals surface area contributed by atoms with Gasteiger partial charge in [0.1, 0.15) is 5.52 Å². The van der Waals surface area contributed by atoms with Crippen LogP contribution in [0.25, 0.3) is 16.8 Å². The van der Waals surface area contributed by atoms with E-state index in [9.17, 15) is 4.79 Å². The summed E-state index contributed by atoms with van der Waals surface area (Å²) >= 11 is 0. The molecule has 0 bridgehead atoms. The molecule has 2 unspecified atom stereocenters. The van der Waals surface area contributed by atoms with E-state index in [1.807, 2.05) is 23.8 Å². The summed E-state index contributed by atoms with van der Waals surface area (Å²) in [5, 5.41) is 12.6. The van der Waals surface area contributed by atoms with Gasteiger partial charge in [-0.1, -0.05) is 26.7 Å². The molecule has 0 spiro atoms. The van der Waals surface area contributed by atoms with Crippen LogP contribution < -0.4 is 5.56 Å². The molecule has 1 aliphatic carbocycles. The molecule has 3 heterocycles. The Hall–Kier alpha value is -2.31. The van der Waals surface area contributed by atoms with Crippen molar-refractivity contribution in [2.45, 2.75) is 52.0 Å². The van der Waals surface area contributed by atoms with Crippen LogP contribution in [0.15, 0.2) is 17.1 Å². The number of aromatic nitrogens is 6. The highest BCUT2D eigenvalue weighted by molar-refractivity contribution is 5.74. The summed E-state index contributed by atoms with van der Waals surface area (Å²) in [5.41, 5.74) is 0.960. The van der Waals surface area contributed by atoms with Gasteiger partial charge in [-0.05, 0) is 24.8 Å². The number of nitrogens with zero attached hydrogens (tertiary/aromatic N) is 6. The first-order chi connectivity index (χ1) is 11.2. The van der Waals surface area contributed by atoms with E-state index in [0.717, 1.165) is 12.8 Å². The second-order valence-electron chi connectivity index (χ2n) is 6.38. The molecule has 7 nitrogen and oxygen atoms in total. The smallest absolute Gasteiger partial charge is 0.280 e. The van der Waals surface area contributed by atoms with Crippen LogP contribution in [0.2, 0.25) is 0 Å². The highest BCUT2D eigenvalue weighted by Gasteiger charge is 2.24. The predicted molar refractivity (Wildman–Crippen MR) is 86.4 cm³/mol. The molecule has 0 amide bonds. The number of hydrogen-bond donors (Lipinski definition) is 0. The molecule has 3 aromatic heterocycles. The van der Waals surface area contributed by atoms with Crippen molar-refractivity contribution in [3.05, 3.63) is 28.4 Å². The van der Waals surface area contributed by atoms with Crippen molar-refractivity contribution in [1.82, 2.24) is 29.4 Å². The Balaban J connectivity index is 1.91. The zero-order valence-corrected chi connectivity index (χ0v) is 13.4. The van der Waals surface area contributed by atoms with Gasteiger partial charge < -0.3 is 4.57 Å². The van der Waals surface area contributed by atoms with Crippen LogP contribution in [0.4, 0.5) is 0 Å². The van der Waals surface area contributed by atoms with Crippen LogP contribution in [0.5, 0.6) is 0 Å². The van der Waals surface area contributed by atoms with Gasteiger partial charge in [0.15, 0.2) is 11.3 Å². The van der Waals surface area contributed by atoms with E-state index in [4.69, 9.17) is 0 Å². The summed E-state index contributed by atoms with van der Waals surface area (Å²) in [4.78, 5) is 17.2. The largest absolute Gasteiger partial charge is 0.310 e. The number of pyridine rings is 1. The minimum Gasteiger partial charge on any atom is -0.310 e. The van der Waals surface area contributed by atoms with E-state index < -0.39 is 0 Å². The molecular weight excluding hydrogens is 292 g/mol. The van der Waals surface area contributed by atoms with Gasteiger partial charge in [-0.15, -0.1) is 15.3 Å². The van der Waals surface area contributed by atoms with Crippen molar-refractivity contribution < 1.29 is 0 Å². The van der Waals surface area contributed by atoms with Gasteiger partial charge in [-0.3, -0.25) is 4.79 Å². The lowest BCUT2D eigenvalue weighted by atomic mass is 9.85. The van der Waals surface area contributed by atoms with Crippen molar-refractivity contribution in [3.8, 4) is 0 Å². The molecule has 4 rings (SSSR count). The normalized spacial score (nSPS) is 22.0. The first-order valence-corrected chi connectivity index (χ1v) is 8.32. The van der Waals surface area contributed by atoms with Gasteiger partial charge in [0.2, 0.25) is 0 Å². The molecule has 0 radical (unpaired) electrons. The number of aryl methyl sites for hydroxylation is 1. The SMILES string of the molecule is CCc1nc2nnc3c(=O)n(C4CCCCC4C)ccc3n2n1. The Bertz CT molecular complexity index is 927. The fraction of sp³-hybridized carbons (Fsp3) is 0.562. The molecule has 0 N–H and O–H groups in total. The van der Waals surface area contributed by atoms with Crippen LogP contribution in [-0.2, 0) is 6.42 Å². The lowest BCUT2D eigenvalue weighted by molar-refractivity contribution is 0.253. The van der Waals surface area contributed by atoms with Gasteiger partial charge in [0, 0.05) is 18.7 Å². The van der Waals surface area contributed by atoms with Crippen LogP contribution in [-0.4, -0.2) is 29.4 Å². The fourth-order valence-electron chi connectivity index (χ4n) is 3.58. The number of rotatable bonds is 2. The van der Waals surface area contributed by atoms with Crippen LogP contribution in [0.1, 0.15) is 51.4 Å². The summed E-state index contributed by atoms with van der Waals surface area (Å²) in [6, 6.07) is 2.16. The Labute approximate surface area is 133 Å². The topological polar surface area (TPSA) is 78.0 Å². The Morgan fingerprint density at radius 3 is 2.87 bits per heavy atom. The molecular formula is C16H20N6O. The first-order valence-electron chi connectivity index (χ1n) is 8.32. The highest BCUT2D eigenvalue weighted by Crippen LogP contribution is 2.32. The monoisotopic (exact) mass is 312 g/mol. The van der Waals surface area contributed by atoms with Gasteiger partial charge in [0.05, 0.1) is 0 Å². The average Bonchev–Trinajstić information content (AvgIpc) is 3.00. The predicted octanol–water partition coefficient (Wildman–Crippen LogP) is 2.15. The molecule has 0 saturated heterocycles. The Morgan fingerprint density at radius 1 is 1.26 bits per heavy atom. The van der Waals surface area contributed by atoms with Gasteiger partial charge >= 0.3 is 0 Å². The van der Waals surface area contributed by atoms with Crippen molar-refractivity contribution in [2.24, 2.45) is 5.92 Å². The average molecular weight is 312 g/mol. The second kappa shape index (κ2) is 5.40. The van der Waals surface area contributed by atoms with E-state index in [1.54, 1.807) is 4.52 Å². The molecule has 3 aromatic rings. The molecule has 23 heavy (non-hydrogen) atoms. The molecule has 7 heteroatoms. The van der Waals surface area contributed by atoms with Crippen LogP contribution >= 0.6 is 0 Å². The van der Waals surface area contributed by atoms with E-state index in [0.29, 0.717) is 28.6 Å². The molecule has 0 aliphatic heterocycles. The molecule has 2 atom stereocenters. The Morgan fingerprint density at radius 2 is 2.09 bits per heavy atom. The summed E-state index contributed by atoms with van der Waals surface area (Å²) in [7, 11) is 0. The molecule has 0 aromatic carbocycles. The van der Waals surface area contributed by atoms with E-state index in [-0.39, 0.29) is 11.6 Å². The quantitative estimate of drug-likeness (QED) is 0.724. The van der Waals surface area contributed by atoms with Crippen LogP contribution in [0, 0.1) is 5.92 Å². The van der Waals surface area contributed by atoms with E-state index in [1.165, 1.54) is 19.3 Å². The van der Waals surface area contributed by atoms with Crippen LogP contribution in [0.3, 0.4) is 0 Å². The van der Waals surface area contributed by atoms with Gasteiger partial charge in [-0.2, -0.15) is 9.50 Å². The van der Waals surface area contributed by atoms with Crippen molar-refractivity contribution in [2.75, 3.05) is 0 Å². The zero-order valence-electron chi connectivity index (χ0n) is 13.4. The molecule has 1 fully saturated rings. The molecule has 1 aliphatic rings. The van der Waals surface area contributed by atoms with Crippen molar-refractivity contribution in [3.63, 3.8) is 0 Å². The van der Waals surface area contributed by atoms with E-state index in [2.05, 4.69) is 27.2 Å². The third-order valence-corrected chi connectivity index (χ3v) is 4.91. The minimum atomic E-state index is -0.0794. The van der Waals surface area contributed by atoms with Gasteiger partial charge in [0.25, 0.3) is 11.3 Å². The third kappa shape index (κ3) is 2.22. The van der Waals surface area contributed by atoms with Crippen molar-refractivity contribution in [1.29, 1.82) is 0 Å². The fourth-order valence-corrected chi connectivity index (χ4v) is 3.58. The standard InChI is InChI=1S/C16H20N6O/c1-3-13-17-16-19-18-14-12(22(16)20-13)8-9-21(15(14)23)11-7-5-4-6-10(11)2/h8-11H,3-7H2,1-2H3. The third-order valence-electron chi connectivity index (χ3n) is 4.91. The molecule has 1 saturated carbocycles. The van der Waals surface area contributed by atoms with E-state index >= 15 is 0 Å². The summed E-state index contributed by atoms with van der Waals surface area (Å²) in [5.74, 6) is 1.66. The maximum atomic E-state index is 12.9. The lowest BCUT2D eigenvalue weighted by Crippen LogP contribution is -2.31. The molecule has 120 valence electrons. The lowest BCUT2D eigenvalue weighted by Gasteiger charge is -2.30.